The van der Waals surface area contributed by atoms with Crippen molar-refractivity contribution in [1.82, 2.24) is 0 Å². The third kappa shape index (κ3) is 7.25. The first kappa shape index (κ1) is 23.0. The summed E-state index contributed by atoms with van der Waals surface area (Å²) >= 11 is 0. The van der Waals surface area contributed by atoms with Gasteiger partial charge in [0.1, 0.15) is 18.3 Å². The molecule has 29 heavy (non-hydrogen) atoms. The fourth-order valence-electron chi connectivity index (χ4n) is 2.97. The molecule has 1 fully saturated rings. The lowest BCUT2D eigenvalue weighted by Gasteiger charge is -2.24. The quantitative estimate of drug-likeness (QED) is 0.375. The highest BCUT2D eigenvalue weighted by atomic mass is 16.8. The molecular formula is C23H30O6. The Balaban J connectivity index is 2.12. The van der Waals surface area contributed by atoms with Crippen molar-refractivity contribution in [3.8, 4) is 0 Å². The molecule has 1 saturated heterocycles. The molecule has 0 spiro atoms. The van der Waals surface area contributed by atoms with E-state index in [4.69, 9.17) is 14.2 Å². The number of benzene rings is 1. The second kappa shape index (κ2) is 10.5. The summed E-state index contributed by atoms with van der Waals surface area (Å²) in [4.78, 5) is 12.4. The van der Waals surface area contributed by atoms with Gasteiger partial charge in [-0.25, -0.2) is 4.79 Å². The summed E-state index contributed by atoms with van der Waals surface area (Å²) in [5.41, 5.74) is 0.888. The maximum Gasteiger partial charge on any atom is 0.331 e. The van der Waals surface area contributed by atoms with Gasteiger partial charge in [-0.3, -0.25) is 0 Å². The molecule has 1 aromatic carbocycles. The van der Waals surface area contributed by atoms with Crippen molar-refractivity contribution in [2.24, 2.45) is 0 Å². The van der Waals surface area contributed by atoms with Gasteiger partial charge < -0.3 is 24.4 Å². The van der Waals surface area contributed by atoms with E-state index in [9.17, 15) is 15.0 Å². The Bertz CT molecular complexity index is 722. The van der Waals surface area contributed by atoms with Gasteiger partial charge in [-0.2, -0.15) is 0 Å². The first-order valence-corrected chi connectivity index (χ1v) is 9.66. The Hall–Kier alpha value is -2.25. The fraction of sp³-hybridized carbons (Fsp3) is 0.435. The molecule has 0 radical (unpaired) electrons. The Morgan fingerprint density at radius 1 is 1.28 bits per heavy atom. The monoisotopic (exact) mass is 402 g/mol. The predicted octanol–water partition coefficient (Wildman–Crippen LogP) is 3.01. The standard InChI is InChI=1S/C23H30O6/c1-5-9-19(27-21(26)15-12-17-10-7-6-8-11-17)22-20(28-23(3,4)29-22)14-13-18(25)16(2)24/h5-8,10-16,18-20,22,24-25H,1,9H2,2-4H3/b14-13+,15-12+/t16-,18+,19+,20-,22-/m0/s1. The number of hydrogen-bond donors (Lipinski definition) is 2. The van der Waals surface area contributed by atoms with Crippen molar-refractivity contribution in [2.75, 3.05) is 0 Å². The third-order valence-electron chi connectivity index (χ3n) is 4.40. The first-order valence-electron chi connectivity index (χ1n) is 9.66. The summed E-state index contributed by atoms with van der Waals surface area (Å²) in [7, 11) is 0. The summed E-state index contributed by atoms with van der Waals surface area (Å²) in [6, 6.07) is 9.44. The van der Waals surface area contributed by atoms with Gasteiger partial charge in [-0.15, -0.1) is 6.58 Å². The molecule has 0 amide bonds. The molecule has 0 aromatic heterocycles. The Labute approximate surface area is 172 Å². The largest absolute Gasteiger partial charge is 0.456 e. The molecular weight excluding hydrogens is 372 g/mol. The van der Waals surface area contributed by atoms with E-state index in [1.165, 1.54) is 19.1 Å². The lowest BCUT2D eigenvalue weighted by molar-refractivity contribution is -0.167. The summed E-state index contributed by atoms with van der Waals surface area (Å²) in [6.07, 6.45) is 4.44. The van der Waals surface area contributed by atoms with Gasteiger partial charge in [-0.1, -0.05) is 48.6 Å². The zero-order valence-electron chi connectivity index (χ0n) is 17.1. The van der Waals surface area contributed by atoms with E-state index in [0.29, 0.717) is 6.42 Å². The molecule has 1 aliphatic rings. The van der Waals surface area contributed by atoms with Gasteiger partial charge in [0, 0.05) is 12.5 Å². The van der Waals surface area contributed by atoms with Crippen LogP contribution in [0.2, 0.25) is 0 Å². The van der Waals surface area contributed by atoms with Gasteiger partial charge in [0.2, 0.25) is 0 Å². The van der Waals surface area contributed by atoms with Crippen LogP contribution >= 0.6 is 0 Å². The van der Waals surface area contributed by atoms with E-state index in [1.54, 1.807) is 32.1 Å². The van der Waals surface area contributed by atoms with Crippen LogP contribution in [-0.2, 0) is 19.0 Å². The van der Waals surface area contributed by atoms with E-state index < -0.39 is 42.3 Å². The van der Waals surface area contributed by atoms with Crippen LogP contribution in [0, 0.1) is 0 Å². The van der Waals surface area contributed by atoms with E-state index in [1.807, 2.05) is 30.3 Å². The van der Waals surface area contributed by atoms with E-state index in [2.05, 4.69) is 6.58 Å². The van der Waals surface area contributed by atoms with Crippen LogP contribution in [0.3, 0.4) is 0 Å². The number of esters is 1. The SMILES string of the molecule is C=CC[C@@H](OC(=O)/C=C/c1ccccc1)[C@@H]1OC(C)(C)O[C@H]1/C=C/[C@@H](O)[C@H](C)O. The highest BCUT2D eigenvalue weighted by molar-refractivity contribution is 5.87. The van der Waals surface area contributed by atoms with Crippen LogP contribution < -0.4 is 0 Å². The molecule has 5 atom stereocenters. The highest BCUT2D eigenvalue weighted by Crippen LogP contribution is 2.33. The highest BCUT2D eigenvalue weighted by Gasteiger charge is 2.45. The summed E-state index contributed by atoms with van der Waals surface area (Å²) in [6.45, 7) is 8.75. The van der Waals surface area contributed by atoms with Gasteiger partial charge in [0.05, 0.1) is 12.2 Å². The molecule has 2 N–H and O–H groups in total. The summed E-state index contributed by atoms with van der Waals surface area (Å²) in [5.74, 6) is -1.39. The van der Waals surface area contributed by atoms with Gasteiger partial charge in [-0.05, 0) is 32.4 Å². The van der Waals surface area contributed by atoms with Crippen molar-refractivity contribution in [1.29, 1.82) is 0 Å². The van der Waals surface area contributed by atoms with Crippen molar-refractivity contribution in [3.05, 3.63) is 66.8 Å². The van der Waals surface area contributed by atoms with E-state index in [-0.39, 0.29) is 0 Å². The van der Waals surface area contributed by atoms with Crippen molar-refractivity contribution in [3.63, 3.8) is 0 Å². The van der Waals surface area contributed by atoms with Crippen molar-refractivity contribution in [2.45, 2.75) is 63.5 Å². The molecule has 1 aliphatic heterocycles. The van der Waals surface area contributed by atoms with E-state index >= 15 is 0 Å². The molecule has 0 aliphatic carbocycles. The second-order valence-electron chi connectivity index (χ2n) is 7.42. The average Bonchev–Trinajstić information content (AvgIpc) is 2.99. The van der Waals surface area contributed by atoms with Crippen LogP contribution in [0.5, 0.6) is 0 Å². The summed E-state index contributed by atoms with van der Waals surface area (Å²) in [5, 5.41) is 19.3. The number of carbonyl (C=O) groups is 1. The zero-order chi connectivity index (χ0) is 21.4. The molecule has 1 heterocycles. The number of aliphatic hydroxyl groups is 2. The molecule has 6 nitrogen and oxygen atoms in total. The molecule has 0 unspecified atom stereocenters. The Kier molecular flexibility index (Phi) is 8.34. The lowest BCUT2D eigenvalue weighted by atomic mass is 10.0. The molecule has 6 heteroatoms. The van der Waals surface area contributed by atoms with Gasteiger partial charge in [0.25, 0.3) is 0 Å². The van der Waals surface area contributed by atoms with Crippen LogP contribution in [0.1, 0.15) is 32.8 Å². The lowest BCUT2D eigenvalue weighted by Crippen LogP contribution is -2.38. The smallest absolute Gasteiger partial charge is 0.331 e. The number of hydrogen-bond acceptors (Lipinski definition) is 6. The number of rotatable bonds is 9. The number of aliphatic hydroxyl groups excluding tert-OH is 2. The maximum atomic E-state index is 12.4. The van der Waals surface area contributed by atoms with Crippen LogP contribution in [-0.4, -0.2) is 52.5 Å². The maximum absolute atomic E-state index is 12.4. The van der Waals surface area contributed by atoms with Crippen LogP contribution in [0.15, 0.2) is 61.2 Å². The minimum Gasteiger partial charge on any atom is -0.456 e. The van der Waals surface area contributed by atoms with Gasteiger partial charge in [0.15, 0.2) is 5.79 Å². The minimum absolute atomic E-state index is 0.373. The zero-order valence-corrected chi connectivity index (χ0v) is 17.1. The van der Waals surface area contributed by atoms with Gasteiger partial charge >= 0.3 is 5.97 Å². The predicted molar refractivity (Wildman–Crippen MR) is 111 cm³/mol. The normalized spacial score (nSPS) is 24.4. The van der Waals surface area contributed by atoms with Crippen LogP contribution in [0.25, 0.3) is 6.08 Å². The molecule has 158 valence electrons. The fourth-order valence-corrected chi connectivity index (χ4v) is 2.97. The molecule has 2 rings (SSSR count). The Morgan fingerprint density at radius 3 is 2.59 bits per heavy atom. The second-order valence-corrected chi connectivity index (χ2v) is 7.42. The minimum atomic E-state index is -1.03. The van der Waals surface area contributed by atoms with Crippen molar-refractivity contribution < 1.29 is 29.2 Å². The third-order valence-corrected chi connectivity index (χ3v) is 4.40. The summed E-state index contributed by atoms with van der Waals surface area (Å²) < 4.78 is 17.5. The first-order chi connectivity index (χ1) is 13.7. The molecule has 1 aromatic rings. The number of carbonyl (C=O) groups excluding carboxylic acids is 1. The molecule has 0 bridgehead atoms. The van der Waals surface area contributed by atoms with Crippen LogP contribution in [0.4, 0.5) is 0 Å². The number of ether oxygens (including phenoxy) is 3. The van der Waals surface area contributed by atoms with E-state index in [0.717, 1.165) is 5.56 Å². The van der Waals surface area contributed by atoms with Crippen molar-refractivity contribution >= 4 is 12.0 Å². The topological polar surface area (TPSA) is 85.2 Å². The molecule has 0 saturated carbocycles. The Morgan fingerprint density at radius 2 is 1.97 bits per heavy atom. The average molecular weight is 402 g/mol.